The maximum atomic E-state index is 12.4. The van der Waals surface area contributed by atoms with E-state index in [4.69, 9.17) is 5.73 Å². The van der Waals surface area contributed by atoms with Crippen molar-refractivity contribution >= 4 is 18.1 Å². The van der Waals surface area contributed by atoms with Crippen LogP contribution in [0.3, 0.4) is 0 Å². The van der Waals surface area contributed by atoms with Crippen LogP contribution in [0.15, 0.2) is 30.5 Å². The molecule has 0 saturated carbocycles. The Hall–Kier alpha value is -1.69. The molecule has 0 bridgehead atoms. The van der Waals surface area contributed by atoms with E-state index in [-0.39, 0.29) is 12.4 Å². The SMILES string of the molecule is CCc1c(N)cnn1-c1ccc(C(F)(F)F)cc1.Cl. The van der Waals surface area contributed by atoms with Gasteiger partial charge in [-0.3, -0.25) is 0 Å². The van der Waals surface area contributed by atoms with Crippen LogP contribution in [0, 0.1) is 0 Å². The van der Waals surface area contributed by atoms with Gasteiger partial charge in [-0.1, -0.05) is 6.92 Å². The highest BCUT2D eigenvalue weighted by molar-refractivity contribution is 5.85. The average molecular weight is 292 g/mol. The zero-order valence-electron chi connectivity index (χ0n) is 10.1. The molecule has 7 heteroatoms. The van der Waals surface area contributed by atoms with Gasteiger partial charge >= 0.3 is 6.18 Å². The van der Waals surface area contributed by atoms with E-state index < -0.39 is 11.7 Å². The molecule has 0 amide bonds. The Morgan fingerprint density at radius 2 is 1.79 bits per heavy atom. The standard InChI is InChI=1S/C12H12F3N3.ClH/c1-2-11-10(16)7-17-18(11)9-5-3-8(4-6-9)12(13,14)15;/h3-7H,2,16H2,1H3;1H. The molecule has 0 aliphatic rings. The summed E-state index contributed by atoms with van der Waals surface area (Å²) in [6, 6.07) is 4.84. The largest absolute Gasteiger partial charge is 0.416 e. The number of aromatic nitrogens is 2. The highest BCUT2D eigenvalue weighted by atomic mass is 35.5. The van der Waals surface area contributed by atoms with E-state index in [1.165, 1.54) is 18.3 Å². The third kappa shape index (κ3) is 3.01. The summed E-state index contributed by atoms with van der Waals surface area (Å²) < 4.78 is 38.8. The van der Waals surface area contributed by atoms with Gasteiger partial charge in [0.2, 0.25) is 0 Å². The molecular formula is C12H13ClF3N3. The van der Waals surface area contributed by atoms with Gasteiger partial charge in [0.15, 0.2) is 0 Å². The van der Waals surface area contributed by atoms with Crippen LogP contribution in [0.1, 0.15) is 18.2 Å². The van der Waals surface area contributed by atoms with Gasteiger partial charge in [0.05, 0.1) is 28.8 Å². The fraction of sp³-hybridized carbons (Fsp3) is 0.250. The fourth-order valence-corrected chi connectivity index (χ4v) is 1.75. The quantitative estimate of drug-likeness (QED) is 0.921. The third-order valence-corrected chi connectivity index (χ3v) is 2.68. The summed E-state index contributed by atoms with van der Waals surface area (Å²) >= 11 is 0. The normalized spacial score (nSPS) is 11.2. The molecule has 2 rings (SSSR count). The number of rotatable bonds is 2. The molecule has 0 saturated heterocycles. The lowest BCUT2D eigenvalue weighted by Gasteiger charge is -2.09. The molecule has 2 N–H and O–H groups in total. The predicted octanol–water partition coefficient (Wildman–Crippen LogP) is 3.46. The van der Waals surface area contributed by atoms with E-state index in [2.05, 4.69) is 5.10 Å². The van der Waals surface area contributed by atoms with Gasteiger partial charge in [0, 0.05) is 0 Å². The van der Waals surface area contributed by atoms with Gasteiger partial charge in [-0.2, -0.15) is 18.3 Å². The van der Waals surface area contributed by atoms with Gasteiger partial charge < -0.3 is 5.73 Å². The molecule has 0 unspecified atom stereocenters. The Morgan fingerprint density at radius 3 is 2.26 bits per heavy atom. The minimum Gasteiger partial charge on any atom is -0.396 e. The van der Waals surface area contributed by atoms with E-state index >= 15 is 0 Å². The van der Waals surface area contributed by atoms with Crippen molar-refractivity contribution in [1.82, 2.24) is 9.78 Å². The first kappa shape index (κ1) is 15.4. The number of alkyl halides is 3. The first-order valence-electron chi connectivity index (χ1n) is 5.43. The van der Waals surface area contributed by atoms with Crippen molar-refractivity contribution in [3.05, 3.63) is 41.7 Å². The molecule has 0 fully saturated rings. The van der Waals surface area contributed by atoms with Crippen LogP contribution in [-0.2, 0) is 12.6 Å². The van der Waals surface area contributed by atoms with E-state index in [0.717, 1.165) is 17.8 Å². The number of nitrogen functional groups attached to an aromatic ring is 1. The van der Waals surface area contributed by atoms with Crippen LogP contribution in [0.25, 0.3) is 5.69 Å². The summed E-state index contributed by atoms with van der Waals surface area (Å²) in [6.07, 6.45) is -2.17. The topological polar surface area (TPSA) is 43.8 Å². The molecule has 104 valence electrons. The molecule has 3 nitrogen and oxygen atoms in total. The number of benzene rings is 1. The highest BCUT2D eigenvalue weighted by Crippen LogP contribution is 2.29. The van der Waals surface area contributed by atoms with Gasteiger partial charge in [0.25, 0.3) is 0 Å². The number of hydrogen-bond acceptors (Lipinski definition) is 2. The van der Waals surface area contributed by atoms with Crippen LogP contribution in [0.2, 0.25) is 0 Å². The molecule has 0 atom stereocenters. The van der Waals surface area contributed by atoms with Crippen molar-refractivity contribution in [2.24, 2.45) is 0 Å². The van der Waals surface area contributed by atoms with Gasteiger partial charge in [-0.15, -0.1) is 12.4 Å². The van der Waals surface area contributed by atoms with Crippen molar-refractivity contribution in [2.75, 3.05) is 5.73 Å². The van der Waals surface area contributed by atoms with Crippen LogP contribution < -0.4 is 5.73 Å². The third-order valence-electron chi connectivity index (χ3n) is 2.68. The summed E-state index contributed by atoms with van der Waals surface area (Å²) in [5, 5.41) is 4.06. The van der Waals surface area contributed by atoms with Crippen LogP contribution in [0.5, 0.6) is 0 Å². The molecule has 0 spiro atoms. The lowest BCUT2D eigenvalue weighted by atomic mass is 10.2. The number of nitrogens with two attached hydrogens (primary N) is 1. The number of anilines is 1. The van der Waals surface area contributed by atoms with Crippen molar-refractivity contribution in [1.29, 1.82) is 0 Å². The number of nitrogens with zero attached hydrogens (tertiary/aromatic N) is 2. The second kappa shape index (κ2) is 5.52. The summed E-state index contributed by atoms with van der Waals surface area (Å²) in [5.41, 5.74) is 6.94. The Morgan fingerprint density at radius 1 is 1.21 bits per heavy atom. The zero-order valence-corrected chi connectivity index (χ0v) is 10.9. The first-order chi connectivity index (χ1) is 8.43. The Labute approximate surface area is 114 Å². The van der Waals surface area contributed by atoms with Gasteiger partial charge in [-0.25, -0.2) is 4.68 Å². The fourth-order valence-electron chi connectivity index (χ4n) is 1.75. The van der Waals surface area contributed by atoms with Crippen LogP contribution in [0.4, 0.5) is 18.9 Å². The first-order valence-corrected chi connectivity index (χ1v) is 5.43. The van der Waals surface area contributed by atoms with Crippen molar-refractivity contribution in [3.8, 4) is 5.69 Å². The number of hydrogen-bond donors (Lipinski definition) is 1. The Kier molecular flexibility index (Phi) is 4.47. The summed E-state index contributed by atoms with van der Waals surface area (Å²) in [5.74, 6) is 0. The lowest BCUT2D eigenvalue weighted by Crippen LogP contribution is -2.06. The van der Waals surface area contributed by atoms with E-state index in [1.54, 1.807) is 4.68 Å². The molecule has 1 heterocycles. The summed E-state index contributed by atoms with van der Waals surface area (Å²) in [4.78, 5) is 0. The molecule has 0 aliphatic carbocycles. The summed E-state index contributed by atoms with van der Waals surface area (Å²) in [7, 11) is 0. The summed E-state index contributed by atoms with van der Waals surface area (Å²) in [6.45, 7) is 1.91. The van der Waals surface area contributed by atoms with E-state index in [0.29, 0.717) is 17.8 Å². The zero-order chi connectivity index (χ0) is 13.3. The van der Waals surface area contributed by atoms with Crippen molar-refractivity contribution in [3.63, 3.8) is 0 Å². The van der Waals surface area contributed by atoms with Crippen molar-refractivity contribution in [2.45, 2.75) is 19.5 Å². The molecule has 0 radical (unpaired) electrons. The maximum Gasteiger partial charge on any atom is 0.416 e. The predicted molar refractivity (Wildman–Crippen MR) is 69.6 cm³/mol. The van der Waals surface area contributed by atoms with E-state index in [1.807, 2.05) is 6.92 Å². The molecule has 2 aromatic rings. The average Bonchev–Trinajstić information content (AvgIpc) is 2.69. The second-order valence-corrected chi connectivity index (χ2v) is 3.86. The van der Waals surface area contributed by atoms with Gasteiger partial charge in [-0.05, 0) is 30.7 Å². The highest BCUT2D eigenvalue weighted by Gasteiger charge is 2.30. The Bertz CT molecular complexity index is 546. The maximum absolute atomic E-state index is 12.4. The molecule has 0 aliphatic heterocycles. The second-order valence-electron chi connectivity index (χ2n) is 3.86. The van der Waals surface area contributed by atoms with Crippen molar-refractivity contribution < 1.29 is 13.2 Å². The molecular weight excluding hydrogens is 279 g/mol. The smallest absolute Gasteiger partial charge is 0.396 e. The number of halogens is 4. The van der Waals surface area contributed by atoms with Gasteiger partial charge in [0.1, 0.15) is 0 Å². The molecule has 19 heavy (non-hydrogen) atoms. The molecule has 1 aromatic heterocycles. The minimum atomic E-state index is -4.32. The lowest BCUT2D eigenvalue weighted by molar-refractivity contribution is -0.137. The Balaban J connectivity index is 0.00000180. The minimum absolute atomic E-state index is 0. The molecule has 1 aromatic carbocycles. The van der Waals surface area contributed by atoms with Crippen LogP contribution in [-0.4, -0.2) is 9.78 Å². The van der Waals surface area contributed by atoms with Crippen LogP contribution >= 0.6 is 12.4 Å². The van der Waals surface area contributed by atoms with E-state index in [9.17, 15) is 13.2 Å². The monoisotopic (exact) mass is 291 g/mol.